The second-order valence-electron chi connectivity index (χ2n) is 5.18. The predicted octanol–water partition coefficient (Wildman–Crippen LogP) is 3.92. The summed E-state index contributed by atoms with van der Waals surface area (Å²) in [5.41, 5.74) is 0.225. The topological polar surface area (TPSA) is 87.0 Å². The van der Waals surface area contributed by atoms with Gasteiger partial charge in [-0.05, 0) is 48.9 Å². The summed E-state index contributed by atoms with van der Waals surface area (Å²) in [7, 11) is -3.50. The summed E-state index contributed by atoms with van der Waals surface area (Å²) in [5.74, 6) is -1.26. The van der Waals surface area contributed by atoms with Gasteiger partial charge in [0.15, 0.2) is 9.84 Å². The van der Waals surface area contributed by atoms with E-state index in [0.29, 0.717) is 4.47 Å². The first-order valence-corrected chi connectivity index (χ1v) is 9.74. The van der Waals surface area contributed by atoms with Gasteiger partial charge in [0, 0.05) is 16.5 Å². The maximum Gasteiger partial charge on any atom is 0.255 e. The Kier molecular flexibility index (Phi) is 6.28. The van der Waals surface area contributed by atoms with E-state index in [9.17, 15) is 17.6 Å². The molecule has 2 aromatic carbocycles. The molecule has 0 aliphatic heterocycles. The molecule has 0 fully saturated rings. The number of nitrogens with zero attached hydrogens (tertiary/aromatic N) is 1. The largest absolute Gasteiger partial charge is 0.319 e. The zero-order valence-electron chi connectivity index (χ0n) is 13.0. The molecule has 0 heterocycles. The Hall–Kier alpha value is -2.24. The van der Waals surface area contributed by atoms with Crippen molar-refractivity contribution in [1.82, 2.24) is 0 Å². The highest BCUT2D eigenvalue weighted by Crippen LogP contribution is 2.21. The van der Waals surface area contributed by atoms with Gasteiger partial charge < -0.3 is 5.32 Å². The molecule has 0 unspecified atom stereocenters. The van der Waals surface area contributed by atoms with Gasteiger partial charge in [-0.3, -0.25) is 4.79 Å². The fourth-order valence-corrected chi connectivity index (χ4v) is 3.73. The van der Waals surface area contributed by atoms with Crippen molar-refractivity contribution >= 4 is 37.4 Å². The van der Waals surface area contributed by atoms with Crippen LogP contribution < -0.4 is 5.32 Å². The molecule has 0 saturated heterocycles. The molecule has 2 rings (SSSR count). The van der Waals surface area contributed by atoms with Gasteiger partial charge in [0.1, 0.15) is 5.82 Å². The smallest absolute Gasteiger partial charge is 0.255 e. The van der Waals surface area contributed by atoms with Crippen molar-refractivity contribution in [2.45, 2.75) is 17.7 Å². The molecule has 0 radical (unpaired) electrons. The Labute approximate surface area is 153 Å². The molecule has 0 saturated carbocycles. The predicted molar refractivity (Wildman–Crippen MR) is 95.4 cm³/mol. The molecule has 0 aromatic heterocycles. The van der Waals surface area contributed by atoms with Crippen LogP contribution in [0.3, 0.4) is 0 Å². The average molecular weight is 425 g/mol. The first-order valence-electron chi connectivity index (χ1n) is 7.29. The number of rotatable bonds is 6. The Morgan fingerprint density at radius 2 is 1.88 bits per heavy atom. The minimum Gasteiger partial charge on any atom is -0.319 e. The van der Waals surface area contributed by atoms with Gasteiger partial charge >= 0.3 is 0 Å². The lowest BCUT2D eigenvalue weighted by Gasteiger charge is -2.08. The molecule has 130 valence electrons. The number of unbranched alkanes of at least 4 members (excludes halogenated alkanes) is 1. The van der Waals surface area contributed by atoms with Crippen LogP contribution in [-0.4, -0.2) is 20.1 Å². The number of nitrogens with one attached hydrogen (secondary N) is 1. The zero-order chi connectivity index (χ0) is 18.4. The van der Waals surface area contributed by atoms with Crippen molar-refractivity contribution in [3.05, 3.63) is 58.3 Å². The number of halogens is 2. The van der Waals surface area contributed by atoms with Crippen LogP contribution in [-0.2, 0) is 9.84 Å². The molecule has 0 atom stereocenters. The van der Waals surface area contributed by atoms with Crippen LogP contribution in [0, 0.1) is 17.1 Å². The normalized spacial score (nSPS) is 10.9. The van der Waals surface area contributed by atoms with E-state index in [1.165, 1.54) is 42.5 Å². The summed E-state index contributed by atoms with van der Waals surface area (Å²) in [4.78, 5) is 12.3. The fraction of sp³-hybridized carbons (Fsp3) is 0.176. The number of anilines is 1. The lowest BCUT2D eigenvalue weighted by atomic mass is 10.2. The Morgan fingerprint density at radius 1 is 1.20 bits per heavy atom. The number of benzene rings is 2. The van der Waals surface area contributed by atoms with Crippen LogP contribution in [0.25, 0.3) is 0 Å². The van der Waals surface area contributed by atoms with Crippen LogP contribution in [0.15, 0.2) is 51.8 Å². The molecule has 2 aromatic rings. The van der Waals surface area contributed by atoms with Crippen molar-refractivity contribution in [2.75, 3.05) is 11.1 Å². The van der Waals surface area contributed by atoms with E-state index in [-0.39, 0.29) is 34.7 Å². The Balaban J connectivity index is 2.12. The van der Waals surface area contributed by atoms with E-state index in [1.54, 1.807) is 0 Å². The quantitative estimate of drug-likeness (QED) is 0.711. The lowest BCUT2D eigenvalue weighted by molar-refractivity contribution is 0.102. The fourth-order valence-electron chi connectivity index (χ4n) is 2.06. The van der Waals surface area contributed by atoms with Gasteiger partial charge in [0.05, 0.1) is 22.4 Å². The van der Waals surface area contributed by atoms with E-state index >= 15 is 0 Å². The van der Waals surface area contributed by atoms with Gasteiger partial charge in [-0.25, -0.2) is 12.8 Å². The Morgan fingerprint density at radius 3 is 2.52 bits per heavy atom. The van der Waals surface area contributed by atoms with Gasteiger partial charge in [0.2, 0.25) is 0 Å². The molecule has 0 bridgehead atoms. The van der Waals surface area contributed by atoms with Crippen LogP contribution in [0.4, 0.5) is 10.1 Å². The van der Waals surface area contributed by atoms with E-state index in [4.69, 9.17) is 5.26 Å². The third-order valence-electron chi connectivity index (χ3n) is 3.35. The second kappa shape index (κ2) is 8.23. The first kappa shape index (κ1) is 19.1. The van der Waals surface area contributed by atoms with Crippen molar-refractivity contribution in [3.63, 3.8) is 0 Å². The van der Waals surface area contributed by atoms with E-state index in [2.05, 4.69) is 21.2 Å². The van der Waals surface area contributed by atoms with Gasteiger partial charge in [-0.1, -0.05) is 15.9 Å². The van der Waals surface area contributed by atoms with Crippen molar-refractivity contribution in [1.29, 1.82) is 5.26 Å². The molecule has 5 nitrogen and oxygen atoms in total. The minimum atomic E-state index is -3.50. The van der Waals surface area contributed by atoms with Crippen molar-refractivity contribution < 1.29 is 17.6 Å². The third kappa shape index (κ3) is 5.11. The number of nitriles is 1. The summed E-state index contributed by atoms with van der Waals surface area (Å²) in [6.07, 6.45) is 0.418. The standard InChI is InChI=1S/C17H14BrFN2O3S/c18-13-5-8-15(19)16(11-13)21-17(22)12-3-6-14(7-4-12)25(23,24)10-2-1-9-20/h3-8,11H,1-2,10H2,(H,21,22). The van der Waals surface area contributed by atoms with Crippen molar-refractivity contribution in [2.24, 2.45) is 0 Å². The highest BCUT2D eigenvalue weighted by atomic mass is 79.9. The second-order valence-corrected chi connectivity index (χ2v) is 8.21. The summed E-state index contributed by atoms with van der Waals surface area (Å²) in [6, 6.07) is 11.4. The summed E-state index contributed by atoms with van der Waals surface area (Å²) in [5, 5.41) is 10.9. The monoisotopic (exact) mass is 424 g/mol. The molecular weight excluding hydrogens is 411 g/mol. The van der Waals surface area contributed by atoms with Gasteiger partial charge in [-0.2, -0.15) is 5.26 Å². The average Bonchev–Trinajstić information content (AvgIpc) is 2.58. The number of amides is 1. The maximum atomic E-state index is 13.7. The third-order valence-corrected chi connectivity index (χ3v) is 5.66. The van der Waals surface area contributed by atoms with Crippen molar-refractivity contribution in [3.8, 4) is 6.07 Å². The number of sulfone groups is 1. The van der Waals surface area contributed by atoms with E-state index < -0.39 is 21.6 Å². The molecule has 25 heavy (non-hydrogen) atoms. The van der Waals surface area contributed by atoms with E-state index in [0.717, 1.165) is 0 Å². The molecular formula is C17H14BrFN2O3S. The molecule has 8 heteroatoms. The first-order chi connectivity index (χ1) is 11.8. The van der Waals surface area contributed by atoms with Crippen LogP contribution in [0.5, 0.6) is 0 Å². The number of hydrogen-bond donors (Lipinski definition) is 1. The zero-order valence-corrected chi connectivity index (χ0v) is 15.4. The summed E-state index contributed by atoms with van der Waals surface area (Å²) >= 11 is 3.19. The number of carbonyl (C=O) groups is 1. The van der Waals surface area contributed by atoms with Crippen LogP contribution in [0.2, 0.25) is 0 Å². The molecule has 1 amide bonds. The molecule has 0 aliphatic rings. The number of hydrogen-bond acceptors (Lipinski definition) is 4. The van der Waals surface area contributed by atoms with E-state index in [1.807, 2.05) is 6.07 Å². The summed E-state index contributed by atoms with van der Waals surface area (Å²) < 4.78 is 38.5. The minimum absolute atomic E-state index is 0.0209. The molecule has 0 aliphatic carbocycles. The van der Waals surface area contributed by atoms with Gasteiger partial charge in [-0.15, -0.1) is 0 Å². The molecule has 0 spiro atoms. The number of carbonyl (C=O) groups excluding carboxylic acids is 1. The summed E-state index contributed by atoms with van der Waals surface area (Å²) in [6.45, 7) is 0. The van der Waals surface area contributed by atoms with Crippen LogP contribution in [0.1, 0.15) is 23.2 Å². The Bertz CT molecular complexity index is 922. The van der Waals surface area contributed by atoms with Gasteiger partial charge in [0.25, 0.3) is 5.91 Å². The van der Waals surface area contributed by atoms with Crippen LogP contribution >= 0.6 is 15.9 Å². The lowest BCUT2D eigenvalue weighted by Crippen LogP contribution is -2.13. The molecule has 1 N–H and O–H groups in total. The maximum absolute atomic E-state index is 13.7. The SMILES string of the molecule is N#CCCCS(=O)(=O)c1ccc(C(=O)Nc2cc(Br)ccc2F)cc1. The highest BCUT2D eigenvalue weighted by Gasteiger charge is 2.15. The highest BCUT2D eigenvalue weighted by molar-refractivity contribution is 9.10.